The molecule has 1 saturated heterocycles. The van der Waals surface area contributed by atoms with Crippen LogP contribution in [0, 0.1) is 5.41 Å². The van der Waals surface area contributed by atoms with Gasteiger partial charge < -0.3 is 10.0 Å². The van der Waals surface area contributed by atoms with Gasteiger partial charge in [-0.1, -0.05) is 6.08 Å². The van der Waals surface area contributed by atoms with E-state index in [-0.39, 0.29) is 30.9 Å². The number of aliphatic hydroxyl groups excluding tert-OH is 1. The van der Waals surface area contributed by atoms with Gasteiger partial charge in [0.1, 0.15) is 0 Å². The van der Waals surface area contributed by atoms with Crippen molar-refractivity contribution in [2.24, 2.45) is 5.41 Å². The van der Waals surface area contributed by atoms with Crippen molar-refractivity contribution >= 4 is 15.9 Å². The number of aliphatic hydroxyl groups is 1. The molecule has 1 atom stereocenters. The molecule has 1 rings (SSSR count). The Hall–Kier alpha value is -0.920. The minimum atomic E-state index is -3.26. The van der Waals surface area contributed by atoms with Gasteiger partial charge >= 0.3 is 0 Å². The molecule has 0 aromatic carbocycles. The Kier molecular flexibility index (Phi) is 6.37. The van der Waals surface area contributed by atoms with Gasteiger partial charge in [0.15, 0.2) is 0 Å². The van der Waals surface area contributed by atoms with Crippen LogP contribution in [0.4, 0.5) is 0 Å². The Morgan fingerprint density at radius 1 is 1.52 bits per heavy atom. The predicted octanol–water partition coefficient (Wildman–Crippen LogP) is 0.445. The second kappa shape index (κ2) is 7.38. The lowest BCUT2D eigenvalue weighted by Gasteiger charge is -2.41. The van der Waals surface area contributed by atoms with E-state index >= 15 is 0 Å². The van der Waals surface area contributed by atoms with E-state index in [2.05, 4.69) is 6.58 Å². The molecular formula is C14H26N2O4S. The van der Waals surface area contributed by atoms with Crippen molar-refractivity contribution in [1.82, 2.24) is 9.21 Å². The van der Waals surface area contributed by atoms with E-state index in [0.717, 1.165) is 19.1 Å². The fourth-order valence-electron chi connectivity index (χ4n) is 2.66. The maximum Gasteiger partial charge on any atom is 0.223 e. The quantitative estimate of drug-likeness (QED) is 0.691. The van der Waals surface area contributed by atoms with Gasteiger partial charge in [-0.15, -0.1) is 6.58 Å². The minimum Gasteiger partial charge on any atom is -0.396 e. The van der Waals surface area contributed by atoms with E-state index in [1.165, 1.54) is 11.4 Å². The van der Waals surface area contributed by atoms with E-state index in [4.69, 9.17) is 0 Å². The molecule has 21 heavy (non-hydrogen) atoms. The molecule has 0 saturated carbocycles. The van der Waals surface area contributed by atoms with E-state index in [0.29, 0.717) is 19.5 Å². The summed E-state index contributed by atoms with van der Waals surface area (Å²) in [4.78, 5) is 14.0. The molecule has 0 radical (unpaired) electrons. The lowest BCUT2D eigenvalue weighted by molar-refractivity contribution is -0.135. The third kappa shape index (κ3) is 5.09. The normalized spacial score (nSPS) is 23.3. The molecule has 122 valence electrons. The van der Waals surface area contributed by atoms with Gasteiger partial charge in [-0.2, -0.15) is 0 Å². The number of likely N-dealkylation sites (tertiary alicyclic amines) is 1. The van der Waals surface area contributed by atoms with E-state index in [1.807, 2.05) is 0 Å². The summed E-state index contributed by atoms with van der Waals surface area (Å²) in [5.74, 6) is -0.0629. The smallest absolute Gasteiger partial charge is 0.223 e. The van der Waals surface area contributed by atoms with Crippen LogP contribution in [0.1, 0.15) is 25.7 Å². The first-order valence-corrected chi connectivity index (χ1v) is 9.00. The SMILES string of the molecule is C=CC[C@@]1(CO)CCCN(C(=O)CCN(C)S(C)(=O)=O)C1. The molecule has 1 heterocycles. The number of allylic oxidation sites excluding steroid dienone is 1. The fraction of sp³-hybridized carbons (Fsp3) is 0.786. The summed E-state index contributed by atoms with van der Waals surface area (Å²) in [5.41, 5.74) is -0.293. The van der Waals surface area contributed by atoms with E-state index < -0.39 is 10.0 Å². The molecule has 7 heteroatoms. The Morgan fingerprint density at radius 3 is 2.71 bits per heavy atom. The molecule has 1 amide bonds. The van der Waals surface area contributed by atoms with Gasteiger partial charge in [0.2, 0.25) is 15.9 Å². The second-order valence-electron chi connectivity index (χ2n) is 5.90. The third-order valence-corrected chi connectivity index (χ3v) is 5.45. The van der Waals surface area contributed by atoms with Crippen molar-refractivity contribution < 1.29 is 18.3 Å². The summed E-state index contributed by atoms with van der Waals surface area (Å²) in [6.07, 6.45) is 5.47. The van der Waals surface area contributed by atoms with Crippen molar-refractivity contribution in [1.29, 1.82) is 0 Å². The number of sulfonamides is 1. The van der Waals surface area contributed by atoms with Crippen LogP contribution in [0.5, 0.6) is 0 Å². The molecule has 1 aliphatic rings. The number of nitrogens with zero attached hydrogens (tertiary/aromatic N) is 2. The van der Waals surface area contributed by atoms with Crippen LogP contribution in [-0.2, 0) is 14.8 Å². The summed E-state index contributed by atoms with van der Waals surface area (Å²) in [6.45, 7) is 5.11. The fourth-order valence-corrected chi connectivity index (χ4v) is 3.09. The Bertz CT molecular complexity index is 477. The molecule has 0 spiro atoms. The van der Waals surface area contributed by atoms with Crippen molar-refractivity contribution in [2.75, 3.05) is 39.5 Å². The van der Waals surface area contributed by atoms with Crippen LogP contribution < -0.4 is 0 Å². The van der Waals surface area contributed by atoms with E-state index in [9.17, 15) is 18.3 Å². The highest BCUT2D eigenvalue weighted by Crippen LogP contribution is 2.33. The molecule has 1 aliphatic heterocycles. The number of carbonyl (C=O) groups is 1. The Balaban J connectivity index is 2.60. The van der Waals surface area contributed by atoms with Gasteiger partial charge in [-0.3, -0.25) is 4.79 Å². The average Bonchev–Trinajstić information content (AvgIpc) is 2.43. The van der Waals surface area contributed by atoms with Gasteiger partial charge in [0.25, 0.3) is 0 Å². The molecule has 6 nitrogen and oxygen atoms in total. The monoisotopic (exact) mass is 318 g/mol. The highest BCUT2D eigenvalue weighted by Gasteiger charge is 2.35. The van der Waals surface area contributed by atoms with Crippen molar-refractivity contribution in [3.05, 3.63) is 12.7 Å². The number of hydrogen-bond donors (Lipinski definition) is 1. The number of piperidine rings is 1. The lowest BCUT2D eigenvalue weighted by atomic mass is 9.78. The van der Waals surface area contributed by atoms with Crippen molar-refractivity contribution in [2.45, 2.75) is 25.7 Å². The molecule has 0 aromatic rings. The zero-order valence-corrected chi connectivity index (χ0v) is 13.7. The number of hydrogen-bond acceptors (Lipinski definition) is 4. The van der Waals surface area contributed by atoms with Crippen LogP contribution in [0.15, 0.2) is 12.7 Å². The summed E-state index contributed by atoms with van der Waals surface area (Å²) in [7, 11) is -1.79. The van der Waals surface area contributed by atoms with Crippen LogP contribution >= 0.6 is 0 Å². The molecule has 0 bridgehead atoms. The Morgan fingerprint density at radius 2 is 2.19 bits per heavy atom. The summed E-state index contributed by atoms with van der Waals surface area (Å²) >= 11 is 0. The van der Waals surface area contributed by atoms with Gasteiger partial charge in [-0.25, -0.2) is 12.7 Å². The maximum absolute atomic E-state index is 12.2. The Labute approximate surface area is 127 Å². The largest absolute Gasteiger partial charge is 0.396 e. The lowest BCUT2D eigenvalue weighted by Crippen LogP contribution is -2.48. The summed E-state index contributed by atoms with van der Waals surface area (Å²) in [6, 6.07) is 0. The zero-order chi connectivity index (χ0) is 16.1. The molecule has 0 unspecified atom stereocenters. The molecule has 0 aromatic heterocycles. The third-order valence-electron chi connectivity index (χ3n) is 4.13. The predicted molar refractivity (Wildman–Crippen MR) is 82.2 cm³/mol. The van der Waals surface area contributed by atoms with E-state index in [1.54, 1.807) is 11.0 Å². The van der Waals surface area contributed by atoms with Crippen LogP contribution in [0.2, 0.25) is 0 Å². The minimum absolute atomic E-state index is 0.0338. The first kappa shape index (κ1) is 18.1. The average molecular weight is 318 g/mol. The van der Waals surface area contributed by atoms with Crippen LogP contribution in [0.3, 0.4) is 0 Å². The van der Waals surface area contributed by atoms with Crippen LogP contribution in [-0.4, -0.2) is 68.2 Å². The molecule has 0 aliphatic carbocycles. The molecule has 1 N–H and O–H groups in total. The number of amides is 1. The van der Waals surface area contributed by atoms with Gasteiger partial charge in [-0.05, 0) is 19.3 Å². The highest BCUT2D eigenvalue weighted by atomic mass is 32.2. The number of rotatable bonds is 7. The maximum atomic E-state index is 12.2. The standard InChI is InChI=1S/C14H26N2O4S/c1-4-7-14(12-17)8-5-9-16(11-14)13(18)6-10-15(2)21(3,19)20/h4,17H,1,5-12H2,2-3H3/t14-/m1/s1. The topological polar surface area (TPSA) is 77.9 Å². The van der Waals surface area contributed by atoms with Crippen molar-refractivity contribution in [3.8, 4) is 0 Å². The summed E-state index contributed by atoms with van der Waals surface area (Å²) in [5, 5.41) is 9.62. The first-order chi connectivity index (χ1) is 9.74. The number of carbonyl (C=O) groups excluding carboxylic acids is 1. The van der Waals surface area contributed by atoms with Crippen molar-refractivity contribution in [3.63, 3.8) is 0 Å². The highest BCUT2D eigenvalue weighted by molar-refractivity contribution is 7.88. The molecule has 1 fully saturated rings. The first-order valence-electron chi connectivity index (χ1n) is 7.15. The van der Waals surface area contributed by atoms with Gasteiger partial charge in [0.05, 0.1) is 12.9 Å². The zero-order valence-electron chi connectivity index (χ0n) is 12.9. The van der Waals surface area contributed by atoms with Crippen LogP contribution in [0.25, 0.3) is 0 Å². The summed E-state index contributed by atoms with van der Waals surface area (Å²) < 4.78 is 23.8. The van der Waals surface area contributed by atoms with Gasteiger partial charge in [0, 0.05) is 38.5 Å². The molecular weight excluding hydrogens is 292 g/mol. The second-order valence-corrected chi connectivity index (χ2v) is 7.99.